The van der Waals surface area contributed by atoms with Crippen molar-refractivity contribution in [1.29, 1.82) is 0 Å². The first-order chi connectivity index (χ1) is 9.13. The molecule has 5 heteroatoms. The van der Waals surface area contributed by atoms with Crippen LogP contribution in [0.3, 0.4) is 0 Å². The predicted octanol–water partition coefficient (Wildman–Crippen LogP) is 5.51. The fraction of sp³-hybridized carbons (Fsp3) is 0.143. The van der Waals surface area contributed by atoms with E-state index in [1.165, 1.54) is 14.3 Å². The highest BCUT2D eigenvalue weighted by atomic mass is 35.5. The topological polar surface area (TPSA) is 26.0 Å². The maximum Gasteiger partial charge on any atom is 0.0454 e. The number of hydrogen-bond donors (Lipinski definition) is 1. The summed E-state index contributed by atoms with van der Waals surface area (Å²) in [5, 5.41) is 3.44. The second kappa shape index (κ2) is 5.43. The molecule has 0 radical (unpaired) electrons. The minimum Gasteiger partial charge on any atom is -0.323 e. The Kier molecular flexibility index (Phi) is 3.83. The highest BCUT2D eigenvalue weighted by Gasteiger charge is 2.13. The summed E-state index contributed by atoms with van der Waals surface area (Å²) in [7, 11) is 0. The number of benzene rings is 1. The van der Waals surface area contributed by atoms with Gasteiger partial charge in [-0.3, -0.25) is 0 Å². The van der Waals surface area contributed by atoms with E-state index in [-0.39, 0.29) is 6.04 Å². The van der Waals surface area contributed by atoms with E-state index in [0.29, 0.717) is 10.0 Å². The van der Waals surface area contributed by atoms with Gasteiger partial charge in [0.15, 0.2) is 0 Å². The summed E-state index contributed by atoms with van der Waals surface area (Å²) in [6, 6.07) is 9.85. The number of halogens is 2. The molecule has 1 nitrogen and oxygen atoms in total. The first kappa shape index (κ1) is 13.4. The van der Waals surface area contributed by atoms with E-state index in [0.717, 1.165) is 12.0 Å². The number of fused-ring (bicyclic) bond motifs is 1. The molecule has 2 heterocycles. The van der Waals surface area contributed by atoms with Crippen molar-refractivity contribution in [3.8, 4) is 0 Å². The Bertz CT molecular complexity index is 689. The molecule has 0 fully saturated rings. The zero-order chi connectivity index (χ0) is 13.4. The molecule has 0 saturated heterocycles. The Morgan fingerprint density at radius 2 is 1.95 bits per heavy atom. The van der Waals surface area contributed by atoms with Gasteiger partial charge in [0, 0.05) is 30.4 Å². The fourth-order valence-corrected chi connectivity index (χ4v) is 4.60. The van der Waals surface area contributed by atoms with Gasteiger partial charge < -0.3 is 5.73 Å². The summed E-state index contributed by atoms with van der Waals surface area (Å²) in [6.45, 7) is 0. The third-order valence-corrected chi connectivity index (χ3v) is 5.79. The molecule has 0 bridgehead atoms. The third-order valence-electron chi connectivity index (χ3n) is 2.98. The van der Waals surface area contributed by atoms with E-state index < -0.39 is 0 Å². The molecule has 0 amide bonds. The van der Waals surface area contributed by atoms with Crippen LogP contribution in [-0.4, -0.2) is 0 Å². The molecule has 1 atom stereocenters. The molecule has 0 aliphatic heterocycles. The molecule has 3 aromatic rings. The van der Waals surface area contributed by atoms with Crippen LogP contribution in [0.15, 0.2) is 35.7 Å². The van der Waals surface area contributed by atoms with Gasteiger partial charge in [0.05, 0.1) is 0 Å². The van der Waals surface area contributed by atoms with E-state index in [9.17, 15) is 0 Å². The van der Waals surface area contributed by atoms with Gasteiger partial charge in [-0.15, -0.1) is 22.7 Å². The van der Waals surface area contributed by atoms with Crippen LogP contribution in [0, 0.1) is 0 Å². The Hall–Kier alpha value is -0.580. The summed E-state index contributed by atoms with van der Waals surface area (Å²) < 4.78 is 2.61. The Morgan fingerprint density at radius 3 is 2.68 bits per heavy atom. The van der Waals surface area contributed by atoms with Crippen molar-refractivity contribution in [3.63, 3.8) is 0 Å². The molecular formula is C14H11Cl2NS2. The third kappa shape index (κ3) is 2.81. The quantitative estimate of drug-likeness (QED) is 0.674. The van der Waals surface area contributed by atoms with Crippen LogP contribution in [0.4, 0.5) is 0 Å². The van der Waals surface area contributed by atoms with Gasteiger partial charge in [-0.1, -0.05) is 29.3 Å². The van der Waals surface area contributed by atoms with Crippen LogP contribution < -0.4 is 5.73 Å². The Morgan fingerprint density at radius 1 is 1.11 bits per heavy atom. The lowest BCUT2D eigenvalue weighted by Crippen LogP contribution is -2.11. The van der Waals surface area contributed by atoms with Crippen LogP contribution in [0.25, 0.3) is 9.40 Å². The van der Waals surface area contributed by atoms with Crippen molar-refractivity contribution < 1.29 is 0 Å². The van der Waals surface area contributed by atoms with Crippen molar-refractivity contribution in [2.24, 2.45) is 5.73 Å². The van der Waals surface area contributed by atoms with Gasteiger partial charge in [-0.05, 0) is 41.6 Å². The lowest BCUT2D eigenvalue weighted by Gasteiger charge is -2.11. The normalized spacial score (nSPS) is 13.0. The molecule has 3 rings (SSSR count). The maximum atomic E-state index is 6.28. The van der Waals surface area contributed by atoms with Crippen LogP contribution in [0.2, 0.25) is 10.0 Å². The first-order valence-corrected chi connectivity index (χ1v) is 8.25. The molecular weight excluding hydrogens is 317 g/mol. The van der Waals surface area contributed by atoms with E-state index >= 15 is 0 Å². The minimum absolute atomic E-state index is 0.0247. The highest BCUT2D eigenvalue weighted by Crippen LogP contribution is 2.34. The van der Waals surface area contributed by atoms with Gasteiger partial charge in [0.2, 0.25) is 0 Å². The monoisotopic (exact) mass is 327 g/mol. The molecule has 2 aromatic heterocycles. The largest absolute Gasteiger partial charge is 0.323 e. The van der Waals surface area contributed by atoms with E-state index in [1.54, 1.807) is 28.7 Å². The molecule has 0 aliphatic carbocycles. The fourth-order valence-electron chi connectivity index (χ4n) is 1.99. The molecule has 1 aromatic carbocycles. The Labute approximate surface area is 129 Å². The zero-order valence-electron chi connectivity index (χ0n) is 9.90. The number of thiophene rings is 2. The number of hydrogen-bond acceptors (Lipinski definition) is 3. The van der Waals surface area contributed by atoms with Crippen LogP contribution in [-0.2, 0) is 6.42 Å². The molecule has 2 N–H and O–H groups in total. The maximum absolute atomic E-state index is 6.28. The van der Waals surface area contributed by atoms with Crippen molar-refractivity contribution >= 4 is 55.3 Å². The molecule has 1 unspecified atom stereocenters. The standard InChI is InChI=1S/C14H11Cl2NS2/c15-9-2-1-8(10(16)6-9)5-11(17)13-7-14-12(19-13)3-4-18-14/h1-4,6-7,11H,5,17H2. The van der Waals surface area contributed by atoms with Crippen LogP contribution >= 0.6 is 45.9 Å². The molecule has 98 valence electrons. The van der Waals surface area contributed by atoms with Crippen molar-refractivity contribution in [2.45, 2.75) is 12.5 Å². The number of nitrogens with two attached hydrogens (primary N) is 1. The van der Waals surface area contributed by atoms with E-state index in [2.05, 4.69) is 17.5 Å². The molecule has 0 spiro atoms. The van der Waals surface area contributed by atoms with Crippen molar-refractivity contribution in [3.05, 3.63) is 56.2 Å². The lowest BCUT2D eigenvalue weighted by atomic mass is 10.1. The predicted molar refractivity (Wildman–Crippen MR) is 86.8 cm³/mol. The van der Waals surface area contributed by atoms with E-state index in [4.69, 9.17) is 28.9 Å². The average Bonchev–Trinajstić information content (AvgIpc) is 2.93. The number of rotatable bonds is 3. The summed E-state index contributed by atoms with van der Waals surface area (Å²) in [5.74, 6) is 0. The average molecular weight is 328 g/mol. The van der Waals surface area contributed by atoms with Gasteiger partial charge in [-0.2, -0.15) is 0 Å². The van der Waals surface area contributed by atoms with Gasteiger partial charge in [0.1, 0.15) is 0 Å². The summed E-state index contributed by atoms with van der Waals surface area (Å²) in [6.07, 6.45) is 0.726. The second-order valence-corrected chi connectivity index (χ2v) is 7.25. The zero-order valence-corrected chi connectivity index (χ0v) is 13.0. The summed E-state index contributed by atoms with van der Waals surface area (Å²) in [4.78, 5) is 1.20. The minimum atomic E-state index is -0.0247. The molecule has 0 aliphatic rings. The second-order valence-electron chi connectivity index (χ2n) is 4.34. The van der Waals surface area contributed by atoms with Crippen molar-refractivity contribution in [1.82, 2.24) is 0 Å². The van der Waals surface area contributed by atoms with Crippen molar-refractivity contribution in [2.75, 3.05) is 0 Å². The lowest BCUT2D eigenvalue weighted by molar-refractivity contribution is 0.737. The van der Waals surface area contributed by atoms with Gasteiger partial charge in [0.25, 0.3) is 0 Å². The van der Waals surface area contributed by atoms with E-state index in [1.807, 2.05) is 12.1 Å². The van der Waals surface area contributed by atoms with Gasteiger partial charge in [-0.25, -0.2) is 0 Å². The molecule has 19 heavy (non-hydrogen) atoms. The highest BCUT2D eigenvalue weighted by molar-refractivity contribution is 7.26. The SMILES string of the molecule is NC(Cc1ccc(Cl)cc1Cl)c1cc2sccc2s1. The van der Waals surface area contributed by atoms with Gasteiger partial charge >= 0.3 is 0 Å². The van der Waals surface area contributed by atoms with Crippen LogP contribution in [0.5, 0.6) is 0 Å². The Balaban J connectivity index is 1.84. The first-order valence-electron chi connectivity index (χ1n) is 5.80. The smallest absolute Gasteiger partial charge is 0.0454 e. The summed E-state index contributed by atoms with van der Waals surface area (Å²) >= 11 is 15.6. The molecule has 0 saturated carbocycles. The van der Waals surface area contributed by atoms with Crippen LogP contribution in [0.1, 0.15) is 16.5 Å². The summed E-state index contributed by atoms with van der Waals surface area (Å²) in [5.41, 5.74) is 7.32.